The van der Waals surface area contributed by atoms with E-state index >= 15 is 0 Å². The summed E-state index contributed by atoms with van der Waals surface area (Å²) in [5, 5.41) is 0. The van der Waals surface area contributed by atoms with Crippen LogP contribution in [0.25, 0.3) is 0 Å². The summed E-state index contributed by atoms with van der Waals surface area (Å²) in [5.74, 6) is 0. The van der Waals surface area contributed by atoms with Crippen molar-refractivity contribution in [3.05, 3.63) is 54.1 Å². The van der Waals surface area contributed by atoms with Gasteiger partial charge in [0, 0.05) is 20.1 Å². The van der Waals surface area contributed by atoms with Gasteiger partial charge < -0.3 is 4.90 Å². The molecule has 0 saturated heterocycles. The maximum absolute atomic E-state index is 13.1. The Balaban J connectivity index is 2.15. The molecule has 0 amide bonds. The molecule has 0 spiro atoms. The van der Waals surface area contributed by atoms with Crippen LogP contribution in [0.2, 0.25) is 0 Å². The highest BCUT2D eigenvalue weighted by Gasteiger charge is 2.30. The number of nitrogens with zero attached hydrogens (tertiary/aromatic N) is 2. The van der Waals surface area contributed by atoms with Crippen LogP contribution in [0.1, 0.15) is 12.0 Å². The third kappa shape index (κ3) is 2.46. The number of hydrogen-bond acceptors (Lipinski definition) is 3. The third-order valence-corrected chi connectivity index (χ3v) is 6.05. The first-order valence-electron chi connectivity index (χ1n) is 7.40. The molecule has 22 heavy (non-hydrogen) atoms. The van der Waals surface area contributed by atoms with E-state index in [1.165, 1.54) is 0 Å². The minimum atomic E-state index is -3.55. The second-order valence-corrected chi connectivity index (χ2v) is 7.44. The Morgan fingerprint density at radius 3 is 2.27 bits per heavy atom. The zero-order chi connectivity index (χ0) is 15.7. The minimum Gasteiger partial charge on any atom is -0.373 e. The lowest BCUT2D eigenvalue weighted by Crippen LogP contribution is -2.32. The molecule has 0 N–H and O–H groups in total. The third-order valence-electron chi connectivity index (χ3n) is 4.08. The Labute approximate surface area is 132 Å². The lowest BCUT2D eigenvalue weighted by molar-refractivity contribution is 0.589. The topological polar surface area (TPSA) is 40.6 Å². The summed E-state index contributed by atoms with van der Waals surface area (Å²) >= 11 is 0. The maximum Gasteiger partial charge on any atom is 0.264 e. The van der Waals surface area contributed by atoms with Crippen molar-refractivity contribution in [1.29, 1.82) is 0 Å². The van der Waals surface area contributed by atoms with E-state index in [4.69, 9.17) is 0 Å². The molecule has 0 radical (unpaired) electrons. The van der Waals surface area contributed by atoms with Crippen molar-refractivity contribution >= 4 is 21.4 Å². The SMILES string of the molecule is Cc1ccccc1S(=O)(=O)N1CCCN(C)c2ccccc21. The smallest absolute Gasteiger partial charge is 0.264 e. The first-order chi connectivity index (χ1) is 10.5. The number of benzene rings is 2. The number of rotatable bonds is 2. The molecule has 3 rings (SSSR count). The fraction of sp³-hybridized carbons (Fsp3) is 0.294. The lowest BCUT2D eigenvalue weighted by Gasteiger charge is -2.26. The predicted octanol–water partition coefficient (Wildman–Crippen LogP) is 3.03. The van der Waals surface area contributed by atoms with Crippen LogP contribution >= 0.6 is 0 Å². The summed E-state index contributed by atoms with van der Waals surface area (Å²) in [7, 11) is -1.54. The Bertz CT molecular complexity index is 787. The Morgan fingerprint density at radius 1 is 0.909 bits per heavy atom. The lowest BCUT2D eigenvalue weighted by atomic mass is 10.2. The highest BCUT2D eigenvalue weighted by atomic mass is 32.2. The van der Waals surface area contributed by atoms with Crippen molar-refractivity contribution in [3.63, 3.8) is 0 Å². The van der Waals surface area contributed by atoms with Gasteiger partial charge in [0.25, 0.3) is 10.0 Å². The van der Waals surface area contributed by atoms with Gasteiger partial charge in [-0.25, -0.2) is 8.42 Å². The quantitative estimate of drug-likeness (QED) is 0.855. The molecular formula is C17H20N2O2S. The number of sulfonamides is 1. The summed E-state index contributed by atoms with van der Waals surface area (Å²) in [5.41, 5.74) is 2.49. The standard InChI is InChI=1S/C17H20N2O2S/c1-14-8-3-6-11-17(14)22(20,21)19-13-7-12-18(2)15-9-4-5-10-16(15)19/h3-6,8-11H,7,12-13H2,1-2H3. The number of fused-ring (bicyclic) bond motifs is 1. The van der Waals surface area contributed by atoms with Gasteiger partial charge in [0.2, 0.25) is 0 Å². The molecule has 2 aromatic rings. The number of aryl methyl sites for hydroxylation is 1. The Morgan fingerprint density at radius 2 is 1.55 bits per heavy atom. The van der Waals surface area contributed by atoms with E-state index in [9.17, 15) is 8.42 Å². The van der Waals surface area contributed by atoms with Gasteiger partial charge in [0.05, 0.1) is 16.3 Å². The monoisotopic (exact) mass is 316 g/mol. The maximum atomic E-state index is 13.1. The molecule has 0 saturated carbocycles. The Hall–Kier alpha value is -2.01. The van der Waals surface area contributed by atoms with Crippen LogP contribution in [0.4, 0.5) is 11.4 Å². The summed E-state index contributed by atoms with van der Waals surface area (Å²) in [6.45, 7) is 3.18. The second-order valence-electron chi connectivity index (χ2n) is 5.61. The first kappa shape index (κ1) is 14.9. The van der Waals surface area contributed by atoms with Gasteiger partial charge in [0.15, 0.2) is 0 Å². The van der Waals surface area contributed by atoms with E-state index in [2.05, 4.69) is 4.90 Å². The highest BCUT2D eigenvalue weighted by molar-refractivity contribution is 7.92. The van der Waals surface area contributed by atoms with E-state index in [1.807, 2.05) is 50.4 Å². The Kier molecular flexibility index (Phi) is 3.83. The molecule has 5 heteroatoms. The number of anilines is 2. The van der Waals surface area contributed by atoms with Gasteiger partial charge in [-0.1, -0.05) is 30.3 Å². The average Bonchev–Trinajstić information content (AvgIpc) is 2.68. The van der Waals surface area contributed by atoms with Gasteiger partial charge in [-0.15, -0.1) is 0 Å². The molecule has 2 aromatic carbocycles. The molecule has 1 aliphatic heterocycles. The largest absolute Gasteiger partial charge is 0.373 e. The fourth-order valence-electron chi connectivity index (χ4n) is 2.90. The molecule has 0 unspecified atom stereocenters. The molecule has 0 aromatic heterocycles. The van der Waals surface area contributed by atoms with Gasteiger partial charge in [-0.05, 0) is 37.1 Å². The molecule has 1 aliphatic rings. The van der Waals surface area contributed by atoms with Gasteiger partial charge in [-0.2, -0.15) is 0 Å². The predicted molar refractivity (Wildman–Crippen MR) is 90.0 cm³/mol. The highest BCUT2D eigenvalue weighted by Crippen LogP contribution is 2.35. The summed E-state index contributed by atoms with van der Waals surface area (Å²) in [6, 6.07) is 14.8. The molecule has 1 heterocycles. The van der Waals surface area contributed by atoms with Crippen molar-refractivity contribution in [2.45, 2.75) is 18.2 Å². The van der Waals surface area contributed by atoms with E-state index < -0.39 is 10.0 Å². The van der Waals surface area contributed by atoms with Crippen molar-refractivity contribution in [2.75, 3.05) is 29.3 Å². The van der Waals surface area contributed by atoms with E-state index in [1.54, 1.807) is 16.4 Å². The van der Waals surface area contributed by atoms with Crippen LogP contribution in [0, 0.1) is 6.92 Å². The van der Waals surface area contributed by atoms with Crippen molar-refractivity contribution in [3.8, 4) is 0 Å². The van der Waals surface area contributed by atoms with Gasteiger partial charge in [-0.3, -0.25) is 4.31 Å². The molecule has 4 nitrogen and oxygen atoms in total. The number of hydrogen-bond donors (Lipinski definition) is 0. The van der Waals surface area contributed by atoms with E-state index in [-0.39, 0.29) is 0 Å². The molecule has 0 bridgehead atoms. The van der Waals surface area contributed by atoms with Crippen LogP contribution in [-0.4, -0.2) is 28.6 Å². The van der Waals surface area contributed by atoms with Crippen LogP contribution in [0.15, 0.2) is 53.4 Å². The van der Waals surface area contributed by atoms with Crippen molar-refractivity contribution in [1.82, 2.24) is 0 Å². The molecule has 0 aliphatic carbocycles. The zero-order valence-electron chi connectivity index (χ0n) is 12.9. The summed E-state index contributed by atoms with van der Waals surface area (Å²) in [6.07, 6.45) is 0.802. The molecular weight excluding hydrogens is 296 g/mol. The fourth-order valence-corrected chi connectivity index (χ4v) is 4.65. The molecule has 0 fully saturated rings. The molecule has 0 atom stereocenters. The minimum absolute atomic E-state index is 0.384. The van der Waals surface area contributed by atoms with Crippen LogP contribution < -0.4 is 9.21 Å². The normalized spacial score (nSPS) is 15.4. The number of para-hydroxylation sites is 2. The van der Waals surface area contributed by atoms with Crippen LogP contribution in [0.3, 0.4) is 0 Å². The first-order valence-corrected chi connectivity index (χ1v) is 8.84. The zero-order valence-corrected chi connectivity index (χ0v) is 13.7. The van der Waals surface area contributed by atoms with Crippen molar-refractivity contribution in [2.24, 2.45) is 0 Å². The van der Waals surface area contributed by atoms with Crippen LogP contribution in [-0.2, 0) is 10.0 Å². The molecule has 116 valence electrons. The second kappa shape index (κ2) is 5.65. The van der Waals surface area contributed by atoms with Gasteiger partial charge >= 0.3 is 0 Å². The average molecular weight is 316 g/mol. The van der Waals surface area contributed by atoms with Crippen molar-refractivity contribution < 1.29 is 8.42 Å². The summed E-state index contributed by atoms with van der Waals surface area (Å²) in [4.78, 5) is 2.50. The summed E-state index contributed by atoms with van der Waals surface area (Å²) < 4.78 is 27.8. The van der Waals surface area contributed by atoms with E-state index in [0.29, 0.717) is 11.4 Å². The van der Waals surface area contributed by atoms with Gasteiger partial charge in [0.1, 0.15) is 0 Å². The van der Waals surface area contributed by atoms with Crippen LogP contribution in [0.5, 0.6) is 0 Å². The van der Waals surface area contributed by atoms with E-state index in [0.717, 1.165) is 29.9 Å².